The Hall–Kier alpha value is -1.49. The fraction of sp³-hybridized carbons (Fsp3) is 0.417. The lowest BCUT2D eigenvalue weighted by Crippen LogP contribution is -2.61. The van der Waals surface area contributed by atoms with E-state index in [9.17, 15) is 18.7 Å². The summed E-state index contributed by atoms with van der Waals surface area (Å²) in [4.78, 5) is 12.4. The number of hydrogen-bond donors (Lipinski definition) is 1. The Morgan fingerprint density at radius 1 is 1.29 bits per heavy atom. The molecule has 0 bridgehead atoms. The van der Waals surface area contributed by atoms with Crippen LogP contribution in [0.2, 0.25) is 0 Å². The van der Waals surface area contributed by atoms with Gasteiger partial charge in [-0.05, 0) is 5.56 Å². The minimum atomic E-state index is -3.79. The summed E-state index contributed by atoms with van der Waals surface area (Å²) in [5.41, 5.74) is -2.33. The Labute approximate surface area is 97.7 Å². The van der Waals surface area contributed by atoms with Gasteiger partial charge in [0.25, 0.3) is 5.91 Å². The number of hydrogen-bond acceptors (Lipinski definition) is 2. The second kappa shape index (κ2) is 3.77. The first kappa shape index (κ1) is 12.0. The number of halogens is 2. The van der Waals surface area contributed by atoms with E-state index in [0.29, 0.717) is 0 Å². The van der Waals surface area contributed by atoms with Crippen molar-refractivity contribution in [3.63, 3.8) is 0 Å². The Balaban J connectivity index is 2.47. The molecule has 0 aliphatic carbocycles. The first-order chi connectivity index (χ1) is 7.89. The highest BCUT2D eigenvalue weighted by molar-refractivity contribution is 5.86. The summed E-state index contributed by atoms with van der Waals surface area (Å²) >= 11 is 0. The summed E-state index contributed by atoms with van der Waals surface area (Å²) in [6, 6.07) is 7.61. The van der Waals surface area contributed by atoms with E-state index >= 15 is 0 Å². The normalized spacial score (nSPS) is 28.2. The zero-order valence-corrected chi connectivity index (χ0v) is 9.36. The van der Waals surface area contributed by atoms with Crippen LogP contribution >= 0.6 is 0 Å². The number of alkyl halides is 2. The number of carbonyl (C=O) groups excluding carboxylic acids is 1. The molecule has 1 heterocycles. The number of amides is 1. The van der Waals surface area contributed by atoms with Gasteiger partial charge >= 0.3 is 5.92 Å². The lowest BCUT2D eigenvalue weighted by atomic mass is 9.81. The molecule has 1 atom stereocenters. The highest BCUT2D eigenvalue weighted by Gasteiger charge is 2.62. The first-order valence-corrected chi connectivity index (χ1v) is 5.31. The van der Waals surface area contributed by atoms with Crippen LogP contribution in [-0.2, 0) is 10.4 Å². The minimum Gasteiger partial charge on any atom is -0.378 e. The SMILES string of the molecule is CN1CCC(O)(c2ccccc2)C(F)(F)C1=O. The van der Waals surface area contributed by atoms with Crippen molar-refractivity contribution in [2.45, 2.75) is 17.9 Å². The van der Waals surface area contributed by atoms with Gasteiger partial charge in [0.05, 0.1) is 0 Å². The number of nitrogens with zero attached hydrogens (tertiary/aromatic N) is 1. The lowest BCUT2D eigenvalue weighted by Gasteiger charge is -2.42. The van der Waals surface area contributed by atoms with Gasteiger partial charge in [0.15, 0.2) is 5.60 Å². The molecular weight excluding hydrogens is 228 g/mol. The van der Waals surface area contributed by atoms with Gasteiger partial charge in [0, 0.05) is 20.0 Å². The Kier molecular flexibility index (Phi) is 2.66. The number of rotatable bonds is 1. The molecule has 5 heteroatoms. The molecule has 17 heavy (non-hydrogen) atoms. The zero-order chi connectivity index (χ0) is 12.7. The third-order valence-corrected chi connectivity index (χ3v) is 3.20. The molecule has 0 aromatic heterocycles. The Morgan fingerprint density at radius 2 is 1.88 bits per heavy atom. The Morgan fingerprint density at radius 3 is 2.47 bits per heavy atom. The van der Waals surface area contributed by atoms with Crippen LogP contribution in [0.3, 0.4) is 0 Å². The number of piperidine rings is 1. The van der Waals surface area contributed by atoms with Gasteiger partial charge in [-0.15, -0.1) is 0 Å². The average Bonchev–Trinajstić information content (AvgIpc) is 2.33. The molecular formula is C12H13F2NO2. The van der Waals surface area contributed by atoms with E-state index in [-0.39, 0.29) is 18.5 Å². The van der Waals surface area contributed by atoms with Crippen LogP contribution in [0.25, 0.3) is 0 Å². The van der Waals surface area contributed by atoms with Crippen LogP contribution in [0.1, 0.15) is 12.0 Å². The lowest BCUT2D eigenvalue weighted by molar-refractivity contribution is -0.220. The van der Waals surface area contributed by atoms with Crippen LogP contribution < -0.4 is 0 Å². The van der Waals surface area contributed by atoms with Crippen LogP contribution in [-0.4, -0.2) is 35.4 Å². The summed E-state index contributed by atoms with van der Waals surface area (Å²) in [5, 5.41) is 10.2. The van der Waals surface area contributed by atoms with E-state index < -0.39 is 17.4 Å². The van der Waals surface area contributed by atoms with Crippen molar-refractivity contribution in [1.29, 1.82) is 0 Å². The van der Waals surface area contributed by atoms with Gasteiger partial charge < -0.3 is 10.0 Å². The molecule has 0 saturated carbocycles. The molecule has 1 amide bonds. The maximum atomic E-state index is 13.9. The van der Waals surface area contributed by atoms with Gasteiger partial charge in [0.2, 0.25) is 0 Å². The zero-order valence-electron chi connectivity index (χ0n) is 9.36. The molecule has 1 aromatic rings. The minimum absolute atomic E-state index is 0.0754. The molecule has 1 fully saturated rings. The van der Waals surface area contributed by atoms with Crippen LogP contribution in [0, 0.1) is 0 Å². The summed E-state index contributed by atoms with van der Waals surface area (Å²) in [5.74, 6) is -5.13. The van der Waals surface area contributed by atoms with Crippen molar-refractivity contribution in [1.82, 2.24) is 4.90 Å². The second-order valence-corrected chi connectivity index (χ2v) is 4.28. The monoisotopic (exact) mass is 241 g/mol. The maximum absolute atomic E-state index is 13.9. The summed E-state index contributed by atoms with van der Waals surface area (Å²) in [6.07, 6.45) is -0.174. The van der Waals surface area contributed by atoms with E-state index in [0.717, 1.165) is 4.90 Å². The standard InChI is InChI=1S/C12H13F2NO2/c1-15-8-7-11(17,12(13,14)10(15)16)9-5-3-2-4-6-9/h2-6,17H,7-8H2,1H3. The number of carbonyl (C=O) groups is 1. The molecule has 1 unspecified atom stereocenters. The van der Waals surface area contributed by atoms with Gasteiger partial charge in [-0.2, -0.15) is 8.78 Å². The van der Waals surface area contributed by atoms with E-state index in [4.69, 9.17) is 0 Å². The van der Waals surface area contributed by atoms with Crippen molar-refractivity contribution in [3.8, 4) is 0 Å². The van der Waals surface area contributed by atoms with Gasteiger partial charge in [-0.25, -0.2) is 0 Å². The van der Waals surface area contributed by atoms with Gasteiger partial charge in [0.1, 0.15) is 0 Å². The molecule has 1 N–H and O–H groups in total. The Bertz CT molecular complexity index is 435. The summed E-state index contributed by atoms with van der Waals surface area (Å²) < 4.78 is 27.9. The molecule has 92 valence electrons. The number of aliphatic hydroxyl groups is 1. The van der Waals surface area contributed by atoms with Crippen molar-refractivity contribution in [2.75, 3.05) is 13.6 Å². The van der Waals surface area contributed by atoms with E-state index in [1.54, 1.807) is 18.2 Å². The van der Waals surface area contributed by atoms with Crippen molar-refractivity contribution in [3.05, 3.63) is 35.9 Å². The molecule has 2 rings (SSSR count). The highest BCUT2D eigenvalue weighted by Crippen LogP contribution is 2.44. The third-order valence-electron chi connectivity index (χ3n) is 3.20. The fourth-order valence-corrected chi connectivity index (χ4v) is 2.04. The summed E-state index contributed by atoms with van der Waals surface area (Å²) in [6.45, 7) is 0.111. The van der Waals surface area contributed by atoms with E-state index in [2.05, 4.69) is 0 Å². The van der Waals surface area contributed by atoms with Gasteiger partial charge in [-0.3, -0.25) is 4.79 Å². The smallest absolute Gasteiger partial charge is 0.356 e. The third kappa shape index (κ3) is 1.61. The largest absolute Gasteiger partial charge is 0.378 e. The van der Waals surface area contributed by atoms with E-state index in [1.165, 1.54) is 19.2 Å². The van der Waals surface area contributed by atoms with Crippen LogP contribution in [0.4, 0.5) is 8.78 Å². The molecule has 0 spiro atoms. The number of likely N-dealkylation sites (tertiary alicyclic amines) is 1. The van der Waals surface area contributed by atoms with Crippen molar-refractivity contribution in [2.24, 2.45) is 0 Å². The quantitative estimate of drug-likeness (QED) is 0.806. The number of benzene rings is 1. The maximum Gasteiger partial charge on any atom is 0.356 e. The molecule has 3 nitrogen and oxygen atoms in total. The second-order valence-electron chi connectivity index (χ2n) is 4.28. The molecule has 1 saturated heterocycles. The molecule has 1 aromatic carbocycles. The van der Waals surface area contributed by atoms with Crippen LogP contribution in [0.5, 0.6) is 0 Å². The topological polar surface area (TPSA) is 40.5 Å². The average molecular weight is 241 g/mol. The molecule has 1 aliphatic heterocycles. The fourth-order valence-electron chi connectivity index (χ4n) is 2.04. The van der Waals surface area contributed by atoms with Crippen molar-refractivity contribution >= 4 is 5.91 Å². The predicted octanol–water partition coefficient (Wildman–Crippen LogP) is 1.37. The summed E-state index contributed by atoms with van der Waals surface area (Å²) in [7, 11) is 1.31. The van der Waals surface area contributed by atoms with Gasteiger partial charge in [-0.1, -0.05) is 30.3 Å². The first-order valence-electron chi connectivity index (χ1n) is 5.31. The molecule has 0 radical (unpaired) electrons. The van der Waals surface area contributed by atoms with Crippen molar-refractivity contribution < 1.29 is 18.7 Å². The van der Waals surface area contributed by atoms with E-state index in [1.807, 2.05) is 0 Å². The predicted molar refractivity (Wildman–Crippen MR) is 57.5 cm³/mol. The molecule has 1 aliphatic rings. The van der Waals surface area contributed by atoms with Crippen LogP contribution in [0.15, 0.2) is 30.3 Å². The highest BCUT2D eigenvalue weighted by atomic mass is 19.3.